The minimum atomic E-state index is -0.284. The van der Waals surface area contributed by atoms with Gasteiger partial charge in [-0.15, -0.1) is 11.8 Å². The molecular weight excluding hydrogens is 312 g/mol. The fourth-order valence-corrected chi connectivity index (χ4v) is 3.14. The van der Waals surface area contributed by atoms with Crippen LogP contribution in [0.2, 0.25) is 0 Å². The van der Waals surface area contributed by atoms with Crippen molar-refractivity contribution in [3.05, 3.63) is 60.2 Å². The molecule has 0 heterocycles. The standard InChI is InChI=1S/C18H20O4S/c1-20-13-22-15-10-8-14(9-11-15)12-17(18(19)21-2)23-16-6-4-3-5-7-16/h3-11,17H,12-13H2,1-2H3. The zero-order chi connectivity index (χ0) is 16.5. The molecule has 1 unspecified atom stereocenters. The molecular formula is C18H20O4S. The van der Waals surface area contributed by atoms with E-state index < -0.39 is 0 Å². The van der Waals surface area contributed by atoms with Gasteiger partial charge in [0.25, 0.3) is 0 Å². The normalized spacial score (nSPS) is 11.7. The van der Waals surface area contributed by atoms with E-state index in [0.29, 0.717) is 6.42 Å². The summed E-state index contributed by atoms with van der Waals surface area (Å²) in [6.45, 7) is 0.216. The van der Waals surface area contributed by atoms with Gasteiger partial charge in [0, 0.05) is 12.0 Å². The molecule has 2 aromatic carbocycles. The van der Waals surface area contributed by atoms with E-state index in [9.17, 15) is 4.79 Å². The summed E-state index contributed by atoms with van der Waals surface area (Å²) < 4.78 is 15.2. The van der Waals surface area contributed by atoms with Crippen molar-refractivity contribution in [3.63, 3.8) is 0 Å². The minimum Gasteiger partial charge on any atom is -0.468 e. The molecule has 0 aromatic heterocycles. The van der Waals surface area contributed by atoms with Crippen molar-refractivity contribution in [2.45, 2.75) is 16.6 Å². The zero-order valence-corrected chi connectivity index (χ0v) is 14.0. The number of ether oxygens (including phenoxy) is 3. The summed E-state index contributed by atoms with van der Waals surface area (Å²) in [5.74, 6) is 0.513. The second kappa shape index (κ2) is 9.22. The average molecular weight is 332 g/mol. The third kappa shape index (κ3) is 5.62. The smallest absolute Gasteiger partial charge is 0.319 e. The lowest BCUT2D eigenvalue weighted by atomic mass is 10.1. The van der Waals surface area contributed by atoms with Crippen molar-refractivity contribution in [3.8, 4) is 5.75 Å². The minimum absolute atomic E-state index is 0.216. The molecule has 122 valence electrons. The molecule has 2 rings (SSSR count). The molecule has 23 heavy (non-hydrogen) atoms. The van der Waals surface area contributed by atoms with Crippen molar-refractivity contribution >= 4 is 17.7 Å². The first-order valence-corrected chi connectivity index (χ1v) is 8.11. The van der Waals surface area contributed by atoms with Crippen LogP contribution in [-0.4, -0.2) is 32.2 Å². The lowest BCUT2D eigenvalue weighted by Gasteiger charge is -2.15. The molecule has 4 nitrogen and oxygen atoms in total. The lowest BCUT2D eigenvalue weighted by molar-refractivity contribution is -0.139. The summed E-state index contributed by atoms with van der Waals surface area (Å²) in [6, 6.07) is 17.5. The van der Waals surface area contributed by atoms with E-state index in [1.54, 1.807) is 7.11 Å². The van der Waals surface area contributed by atoms with Gasteiger partial charge >= 0.3 is 5.97 Å². The summed E-state index contributed by atoms with van der Waals surface area (Å²) in [6.07, 6.45) is 0.594. The van der Waals surface area contributed by atoms with E-state index in [0.717, 1.165) is 16.2 Å². The monoisotopic (exact) mass is 332 g/mol. The van der Waals surface area contributed by atoms with Crippen LogP contribution in [-0.2, 0) is 20.7 Å². The summed E-state index contributed by atoms with van der Waals surface area (Å²) in [5.41, 5.74) is 1.05. The maximum absolute atomic E-state index is 12.0. The van der Waals surface area contributed by atoms with Crippen LogP contribution in [0.1, 0.15) is 5.56 Å². The van der Waals surface area contributed by atoms with Gasteiger partial charge in [-0.05, 0) is 36.2 Å². The van der Waals surface area contributed by atoms with Gasteiger partial charge in [-0.25, -0.2) is 0 Å². The van der Waals surface area contributed by atoms with Crippen LogP contribution in [0.15, 0.2) is 59.5 Å². The van der Waals surface area contributed by atoms with Crippen LogP contribution in [0, 0.1) is 0 Å². The Hall–Kier alpha value is -1.98. The molecule has 0 saturated carbocycles. The molecule has 0 aliphatic rings. The fraction of sp³-hybridized carbons (Fsp3) is 0.278. The number of benzene rings is 2. The highest BCUT2D eigenvalue weighted by atomic mass is 32.2. The van der Waals surface area contributed by atoms with Crippen molar-refractivity contribution in [1.29, 1.82) is 0 Å². The van der Waals surface area contributed by atoms with E-state index in [1.807, 2.05) is 54.6 Å². The van der Waals surface area contributed by atoms with Crippen LogP contribution >= 0.6 is 11.8 Å². The van der Waals surface area contributed by atoms with Gasteiger partial charge in [-0.2, -0.15) is 0 Å². The Balaban J connectivity index is 2.04. The molecule has 0 fully saturated rings. The van der Waals surface area contributed by atoms with E-state index in [1.165, 1.54) is 18.9 Å². The summed E-state index contributed by atoms with van der Waals surface area (Å²) in [5, 5.41) is -0.284. The summed E-state index contributed by atoms with van der Waals surface area (Å²) in [7, 11) is 3.00. The van der Waals surface area contributed by atoms with Crippen LogP contribution < -0.4 is 4.74 Å². The Morgan fingerprint density at radius 1 is 1.04 bits per heavy atom. The first-order chi connectivity index (χ1) is 11.2. The Labute approximate surface area is 140 Å². The second-order valence-corrected chi connectivity index (χ2v) is 6.12. The lowest BCUT2D eigenvalue weighted by Crippen LogP contribution is -2.21. The van der Waals surface area contributed by atoms with E-state index in [-0.39, 0.29) is 18.0 Å². The topological polar surface area (TPSA) is 44.8 Å². The highest BCUT2D eigenvalue weighted by Crippen LogP contribution is 2.27. The van der Waals surface area contributed by atoms with Crippen LogP contribution in [0.3, 0.4) is 0 Å². The number of carbonyl (C=O) groups is 1. The van der Waals surface area contributed by atoms with Crippen molar-refractivity contribution in [2.24, 2.45) is 0 Å². The number of methoxy groups -OCH3 is 2. The number of esters is 1. The van der Waals surface area contributed by atoms with Crippen LogP contribution in [0.25, 0.3) is 0 Å². The molecule has 0 radical (unpaired) electrons. The molecule has 0 N–H and O–H groups in total. The van der Waals surface area contributed by atoms with E-state index >= 15 is 0 Å². The number of carbonyl (C=O) groups excluding carboxylic acids is 1. The second-order valence-electron chi connectivity index (χ2n) is 4.84. The molecule has 2 aromatic rings. The first-order valence-electron chi connectivity index (χ1n) is 7.23. The predicted molar refractivity (Wildman–Crippen MR) is 90.8 cm³/mol. The maximum atomic E-state index is 12.0. The van der Waals surface area contributed by atoms with Crippen molar-refractivity contribution in [2.75, 3.05) is 21.0 Å². The quantitative estimate of drug-likeness (QED) is 0.420. The molecule has 0 aliphatic carbocycles. The van der Waals surface area contributed by atoms with Gasteiger partial charge in [0.1, 0.15) is 11.0 Å². The average Bonchev–Trinajstić information content (AvgIpc) is 2.60. The molecule has 1 atom stereocenters. The third-order valence-electron chi connectivity index (χ3n) is 3.17. The van der Waals surface area contributed by atoms with E-state index in [4.69, 9.17) is 14.2 Å². The summed E-state index contributed by atoms with van der Waals surface area (Å²) in [4.78, 5) is 13.1. The predicted octanol–water partition coefficient (Wildman–Crippen LogP) is 3.55. The molecule has 0 amide bonds. The number of hydrogen-bond donors (Lipinski definition) is 0. The van der Waals surface area contributed by atoms with Gasteiger partial charge in [-0.1, -0.05) is 30.3 Å². The number of hydrogen-bond acceptors (Lipinski definition) is 5. The molecule has 0 saturated heterocycles. The Morgan fingerprint density at radius 3 is 2.35 bits per heavy atom. The van der Waals surface area contributed by atoms with Crippen molar-refractivity contribution in [1.82, 2.24) is 0 Å². The largest absolute Gasteiger partial charge is 0.468 e. The molecule has 5 heteroatoms. The highest BCUT2D eigenvalue weighted by molar-refractivity contribution is 8.00. The zero-order valence-electron chi connectivity index (χ0n) is 13.2. The SMILES string of the molecule is COCOc1ccc(CC(Sc2ccccc2)C(=O)OC)cc1. The highest BCUT2D eigenvalue weighted by Gasteiger charge is 2.21. The Bertz CT molecular complexity index is 598. The Kier molecular flexibility index (Phi) is 6.97. The first kappa shape index (κ1) is 17.4. The number of rotatable bonds is 8. The van der Waals surface area contributed by atoms with Gasteiger partial charge in [0.2, 0.25) is 0 Å². The van der Waals surface area contributed by atoms with E-state index in [2.05, 4.69) is 0 Å². The maximum Gasteiger partial charge on any atom is 0.319 e. The molecule has 0 aliphatic heterocycles. The third-order valence-corrected chi connectivity index (χ3v) is 4.36. The van der Waals surface area contributed by atoms with Crippen molar-refractivity contribution < 1.29 is 19.0 Å². The Morgan fingerprint density at radius 2 is 1.74 bits per heavy atom. The molecule has 0 bridgehead atoms. The molecule has 0 spiro atoms. The fourth-order valence-electron chi connectivity index (χ4n) is 2.03. The van der Waals surface area contributed by atoms with Gasteiger partial charge in [0.05, 0.1) is 7.11 Å². The van der Waals surface area contributed by atoms with Crippen LogP contribution in [0.4, 0.5) is 0 Å². The van der Waals surface area contributed by atoms with Gasteiger partial charge in [0.15, 0.2) is 6.79 Å². The summed E-state index contributed by atoms with van der Waals surface area (Å²) >= 11 is 1.51. The van der Waals surface area contributed by atoms with Gasteiger partial charge < -0.3 is 14.2 Å². The number of thioether (sulfide) groups is 1. The van der Waals surface area contributed by atoms with Crippen LogP contribution in [0.5, 0.6) is 5.75 Å². The van der Waals surface area contributed by atoms with Gasteiger partial charge in [-0.3, -0.25) is 4.79 Å².